The van der Waals surface area contributed by atoms with Crippen LogP contribution in [0.5, 0.6) is 0 Å². The minimum atomic E-state index is 0.594. The van der Waals surface area contributed by atoms with Crippen molar-refractivity contribution in [3.63, 3.8) is 0 Å². The molecule has 1 aliphatic heterocycles. The lowest BCUT2D eigenvalue weighted by Crippen LogP contribution is -2.23. The molecule has 0 aromatic carbocycles. The van der Waals surface area contributed by atoms with Gasteiger partial charge in [0.1, 0.15) is 10.7 Å². The van der Waals surface area contributed by atoms with Gasteiger partial charge in [0.2, 0.25) is 0 Å². The molecule has 2 aliphatic rings. The van der Waals surface area contributed by atoms with Crippen LogP contribution in [0.4, 0.5) is 0 Å². The molecule has 22 heavy (non-hydrogen) atoms. The fourth-order valence-electron chi connectivity index (χ4n) is 2.83. The zero-order valence-corrected chi connectivity index (χ0v) is 13.5. The summed E-state index contributed by atoms with van der Waals surface area (Å²) in [5.74, 6) is 0.788. The molecule has 6 nitrogen and oxygen atoms in total. The minimum absolute atomic E-state index is 0.594. The molecular formula is C15H21N5OS. The Balaban J connectivity index is 1.42. The highest BCUT2D eigenvalue weighted by molar-refractivity contribution is 7.09. The van der Waals surface area contributed by atoms with E-state index in [2.05, 4.69) is 24.9 Å². The highest BCUT2D eigenvalue weighted by Crippen LogP contribution is 2.29. The number of fused-ring (bicyclic) bond motifs is 1. The molecule has 0 N–H and O–H groups in total. The normalized spacial score (nSPS) is 19.1. The molecule has 2 aromatic heterocycles. The Hall–Kier alpha value is -1.31. The maximum Gasteiger partial charge on any atom is 0.113 e. The summed E-state index contributed by atoms with van der Waals surface area (Å²) >= 11 is 1.72. The van der Waals surface area contributed by atoms with Crippen LogP contribution < -0.4 is 0 Å². The van der Waals surface area contributed by atoms with Gasteiger partial charge < -0.3 is 4.74 Å². The number of aryl methyl sites for hydroxylation is 1. The SMILES string of the molecule is c1csc(CN2CCCn3nnc(COCC4CC4)c3C2)n1. The van der Waals surface area contributed by atoms with E-state index < -0.39 is 0 Å². The third-order valence-electron chi connectivity index (χ3n) is 4.27. The Labute approximate surface area is 134 Å². The number of hydrogen-bond donors (Lipinski definition) is 0. The van der Waals surface area contributed by atoms with Gasteiger partial charge in [-0.2, -0.15) is 0 Å². The molecule has 1 fully saturated rings. The number of hydrogen-bond acceptors (Lipinski definition) is 6. The average molecular weight is 319 g/mol. The summed E-state index contributed by atoms with van der Waals surface area (Å²) in [7, 11) is 0. The molecule has 0 spiro atoms. The summed E-state index contributed by atoms with van der Waals surface area (Å²) < 4.78 is 7.86. The van der Waals surface area contributed by atoms with Crippen LogP contribution >= 0.6 is 11.3 Å². The second-order valence-electron chi connectivity index (χ2n) is 6.15. The molecule has 3 heterocycles. The summed E-state index contributed by atoms with van der Waals surface area (Å²) in [6.07, 6.45) is 5.62. The van der Waals surface area contributed by atoms with Gasteiger partial charge in [-0.05, 0) is 25.2 Å². The third-order valence-corrected chi connectivity index (χ3v) is 5.03. The lowest BCUT2D eigenvalue weighted by Gasteiger charge is -2.18. The van der Waals surface area contributed by atoms with Crippen LogP contribution in [0.1, 0.15) is 35.7 Å². The van der Waals surface area contributed by atoms with Crippen LogP contribution in [0.3, 0.4) is 0 Å². The maximum atomic E-state index is 5.81. The van der Waals surface area contributed by atoms with Crippen molar-refractivity contribution in [2.45, 2.75) is 45.5 Å². The highest BCUT2D eigenvalue weighted by Gasteiger charge is 2.23. The smallest absolute Gasteiger partial charge is 0.113 e. The van der Waals surface area contributed by atoms with Gasteiger partial charge in [-0.25, -0.2) is 9.67 Å². The Morgan fingerprint density at radius 3 is 3.09 bits per heavy atom. The largest absolute Gasteiger partial charge is 0.375 e. The van der Waals surface area contributed by atoms with E-state index in [9.17, 15) is 0 Å². The van der Waals surface area contributed by atoms with E-state index in [1.165, 1.54) is 23.5 Å². The van der Waals surface area contributed by atoms with Crippen molar-refractivity contribution in [1.29, 1.82) is 0 Å². The third kappa shape index (κ3) is 3.37. The van der Waals surface area contributed by atoms with Crippen molar-refractivity contribution in [2.24, 2.45) is 5.92 Å². The van der Waals surface area contributed by atoms with Gasteiger partial charge in [0.05, 0.1) is 18.8 Å². The number of thiazole rings is 1. The van der Waals surface area contributed by atoms with Gasteiger partial charge in [-0.3, -0.25) is 4.90 Å². The molecule has 2 aromatic rings. The fourth-order valence-corrected chi connectivity index (χ4v) is 3.49. The zero-order chi connectivity index (χ0) is 14.8. The van der Waals surface area contributed by atoms with E-state index in [-0.39, 0.29) is 0 Å². The topological polar surface area (TPSA) is 56.1 Å². The van der Waals surface area contributed by atoms with Crippen molar-refractivity contribution in [3.8, 4) is 0 Å². The van der Waals surface area contributed by atoms with Gasteiger partial charge in [0, 0.05) is 37.8 Å². The molecule has 0 amide bonds. The summed E-state index contributed by atoms with van der Waals surface area (Å²) in [6, 6.07) is 0. The summed E-state index contributed by atoms with van der Waals surface area (Å²) in [5.41, 5.74) is 2.22. The number of ether oxygens (including phenoxy) is 1. The first-order valence-corrected chi connectivity index (χ1v) is 8.86. The molecule has 1 saturated carbocycles. The van der Waals surface area contributed by atoms with E-state index in [0.29, 0.717) is 6.61 Å². The lowest BCUT2D eigenvalue weighted by molar-refractivity contribution is 0.107. The minimum Gasteiger partial charge on any atom is -0.375 e. The molecule has 0 radical (unpaired) electrons. The van der Waals surface area contributed by atoms with Crippen LogP contribution in [0.15, 0.2) is 11.6 Å². The van der Waals surface area contributed by atoms with Gasteiger partial charge in [0.15, 0.2) is 0 Å². The van der Waals surface area contributed by atoms with Crippen LogP contribution in [-0.4, -0.2) is 38.0 Å². The van der Waals surface area contributed by atoms with Crippen LogP contribution in [0, 0.1) is 5.92 Å². The van der Waals surface area contributed by atoms with Gasteiger partial charge in [-0.15, -0.1) is 16.4 Å². The van der Waals surface area contributed by atoms with Crippen LogP contribution in [0.25, 0.3) is 0 Å². The van der Waals surface area contributed by atoms with Crippen LogP contribution in [-0.2, 0) is 31.0 Å². The van der Waals surface area contributed by atoms with Crippen molar-refractivity contribution in [2.75, 3.05) is 13.2 Å². The second kappa shape index (κ2) is 6.44. The Morgan fingerprint density at radius 1 is 1.32 bits per heavy atom. The molecule has 1 aliphatic carbocycles. The van der Waals surface area contributed by atoms with E-state index in [0.717, 1.165) is 50.8 Å². The average Bonchev–Trinajstić information content (AvgIpc) is 3.13. The summed E-state index contributed by atoms with van der Waals surface area (Å²) in [4.78, 5) is 6.83. The van der Waals surface area contributed by atoms with Crippen molar-refractivity contribution in [1.82, 2.24) is 24.9 Å². The first-order chi connectivity index (χ1) is 10.9. The molecular weight excluding hydrogens is 298 g/mol. The molecule has 7 heteroatoms. The number of nitrogens with zero attached hydrogens (tertiary/aromatic N) is 5. The monoisotopic (exact) mass is 319 g/mol. The predicted octanol–water partition coefficient (Wildman–Crippen LogP) is 2.07. The Bertz CT molecular complexity index is 607. The van der Waals surface area contributed by atoms with Gasteiger partial charge >= 0.3 is 0 Å². The highest BCUT2D eigenvalue weighted by atomic mass is 32.1. The Kier molecular flexibility index (Phi) is 4.18. The van der Waals surface area contributed by atoms with Gasteiger partial charge in [-0.1, -0.05) is 5.21 Å². The van der Waals surface area contributed by atoms with E-state index in [4.69, 9.17) is 4.74 Å². The molecule has 0 atom stereocenters. The standard InChI is InChI=1S/C15H21N5OS/c1-5-19(9-15-16-4-7-22-15)8-14-13(17-18-20(14)6-1)11-21-10-12-2-3-12/h4,7,12H,1-3,5-6,8-11H2. The zero-order valence-electron chi connectivity index (χ0n) is 12.6. The second-order valence-corrected chi connectivity index (χ2v) is 7.13. The van der Waals surface area contributed by atoms with Crippen molar-refractivity contribution >= 4 is 11.3 Å². The number of rotatable bonds is 6. The van der Waals surface area contributed by atoms with Crippen LogP contribution in [0.2, 0.25) is 0 Å². The fraction of sp³-hybridized carbons (Fsp3) is 0.667. The summed E-state index contributed by atoms with van der Waals surface area (Å²) in [5, 5.41) is 11.9. The predicted molar refractivity (Wildman–Crippen MR) is 83.2 cm³/mol. The molecule has 118 valence electrons. The van der Waals surface area contributed by atoms with Gasteiger partial charge in [0.25, 0.3) is 0 Å². The molecule has 4 rings (SSSR count). The molecule has 0 bridgehead atoms. The number of aromatic nitrogens is 4. The first-order valence-electron chi connectivity index (χ1n) is 7.98. The van der Waals surface area contributed by atoms with E-state index in [1.54, 1.807) is 11.3 Å². The first kappa shape index (κ1) is 14.3. The van der Waals surface area contributed by atoms with Crippen molar-refractivity contribution in [3.05, 3.63) is 28.0 Å². The van der Waals surface area contributed by atoms with Crippen molar-refractivity contribution < 1.29 is 4.74 Å². The molecule has 0 saturated heterocycles. The lowest BCUT2D eigenvalue weighted by atomic mass is 10.3. The molecule has 0 unspecified atom stereocenters. The quantitative estimate of drug-likeness (QED) is 0.816. The Morgan fingerprint density at radius 2 is 2.27 bits per heavy atom. The van der Waals surface area contributed by atoms with E-state index in [1.807, 2.05) is 11.6 Å². The summed E-state index contributed by atoms with van der Waals surface area (Å²) in [6.45, 7) is 5.27. The van der Waals surface area contributed by atoms with E-state index >= 15 is 0 Å². The maximum absolute atomic E-state index is 5.81.